The predicted octanol–water partition coefficient (Wildman–Crippen LogP) is 4.83. The van der Waals surface area contributed by atoms with Crippen LogP contribution in [0.2, 0.25) is 0 Å². The number of rotatable bonds is 4. The Morgan fingerprint density at radius 3 is 2.04 bits per heavy atom. The van der Waals surface area contributed by atoms with Crippen LogP contribution < -0.4 is 10.2 Å². The van der Waals surface area contributed by atoms with Gasteiger partial charge in [-0.2, -0.15) is 0 Å². The van der Waals surface area contributed by atoms with E-state index in [1.807, 2.05) is 62.4 Å². The summed E-state index contributed by atoms with van der Waals surface area (Å²) in [5.41, 5.74) is 4.52. The Balaban J connectivity index is 1.83. The average molecular weight is 358 g/mol. The highest BCUT2D eigenvalue weighted by Crippen LogP contribution is 2.21. The third-order valence-corrected chi connectivity index (χ3v) is 4.54. The molecular formula is C23H22N2O2. The number of benzene rings is 3. The Labute approximate surface area is 159 Å². The van der Waals surface area contributed by atoms with E-state index < -0.39 is 0 Å². The molecule has 4 heteroatoms. The van der Waals surface area contributed by atoms with Gasteiger partial charge in [0.15, 0.2) is 0 Å². The molecule has 3 aromatic carbocycles. The van der Waals surface area contributed by atoms with Crippen LogP contribution in [0.1, 0.15) is 31.8 Å². The van der Waals surface area contributed by atoms with Crippen LogP contribution >= 0.6 is 0 Å². The number of amides is 2. The zero-order valence-electron chi connectivity index (χ0n) is 15.7. The molecule has 0 saturated heterocycles. The lowest BCUT2D eigenvalue weighted by molar-refractivity contribution is 0.0993. The van der Waals surface area contributed by atoms with Crippen molar-refractivity contribution >= 4 is 23.2 Å². The molecule has 0 heterocycles. The monoisotopic (exact) mass is 358 g/mol. The molecule has 0 atom stereocenters. The maximum Gasteiger partial charge on any atom is 0.258 e. The van der Waals surface area contributed by atoms with Crippen molar-refractivity contribution in [1.29, 1.82) is 0 Å². The molecule has 3 aromatic rings. The molecule has 136 valence electrons. The summed E-state index contributed by atoms with van der Waals surface area (Å²) in [7, 11) is 1.72. The zero-order valence-corrected chi connectivity index (χ0v) is 15.7. The maximum absolute atomic E-state index is 12.8. The maximum atomic E-state index is 12.8. The van der Waals surface area contributed by atoms with Gasteiger partial charge in [-0.3, -0.25) is 9.59 Å². The summed E-state index contributed by atoms with van der Waals surface area (Å²) in [5.74, 6) is -0.396. The van der Waals surface area contributed by atoms with E-state index in [-0.39, 0.29) is 11.8 Å². The molecule has 27 heavy (non-hydrogen) atoms. The van der Waals surface area contributed by atoms with E-state index in [1.165, 1.54) is 0 Å². The smallest absolute Gasteiger partial charge is 0.258 e. The molecule has 0 spiro atoms. The van der Waals surface area contributed by atoms with Gasteiger partial charge in [0, 0.05) is 29.5 Å². The molecular weight excluding hydrogens is 336 g/mol. The van der Waals surface area contributed by atoms with E-state index in [9.17, 15) is 9.59 Å². The topological polar surface area (TPSA) is 49.4 Å². The lowest BCUT2D eigenvalue weighted by Gasteiger charge is -2.18. The van der Waals surface area contributed by atoms with Crippen LogP contribution in [0, 0.1) is 13.8 Å². The summed E-state index contributed by atoms with van der Waals surface area (Å²) in [4.78, 5) is 27.0. The summed E-state index contributed by atoms with van der Waals surface area (Å²) in [6.45, 7) is 3.91. The minimum atomic E-state index is -0.232. The highest BCUT2D eigenvalue weighted by atomic mass is 16.2. The molecule has 0 aliphatic rings. The van der Waals surface area contributed by atoms with Crippen molar-refractivity contribution < 1.29 is 9.59 Å². The van der Waals surface area contributed by atoms with Crippen molar-refractivity contribution in [1.82, 2.24) is 0 Å². The van der Waals surface area contributed by atoms with Crippen LogP contribution in [-0.2, 0) is 0 Å². The summed E-state index contributed by atoms with van der Waals surface area (Å²) >= 11 is 0. The first-order valence-electron chi connectivity index (χ1n) is 8.78. The van der Waals surface area contributed by atoms with Crippen molar-refractivity contribution in [2.24, 2.45) is 0 Å². The van der Waals surface area contributed by atoms with E-state index in [1.54, 1.807) is 36.2 Å². The number of nitrogens with one attached hydrogen (secondary N) is 1. The van der Waals surface area contributed by atoms with Crippen LogP contribution in [0.15, 0.2) is 72.8 Å². The van der Waals surface area contributed by atoms with E-state index >= 15 is 0 Å². The van der Waals surface area contributed by atoms with Gasteiger partial charge in [-0.1, -0.05) is 42.5 Å². The number of anilines is 2. The molecule has 1 N–H and O–H groups in total. The van der Waals surface area contributed by atoms with Crippen LogP contribution in [0.5, 0.6) is 0 Å². The standard InChI is InChI=1S/C23H22N2O2/c1-16-9-7-10-17(2)21(16)24-22(26)18-11-8-12-19(15-18)23(27)25(3)20-13-5-4-6-14-20/h4-15H,1-3H3,(H,24,26). The molecule has 2 amide bonds. The number of nitrogens with zero attached hydrogens (tertiary/aromatic N) is 1. The highest BCUT2D eigenvalue weighted by Gasteiger charge is 2.16. The van der Waals surface area contributed by atoms with E-state index in [0.717, 1.165) is 22.5 Å². The number of carbonyl (C=O) groups excluding carboxylic acids is 2. The van der Waals surface area contributed by atoms with Gasteiger partial charge in [0.1, 0.15) is 0 Å². The summed E-state index contributed by atoms with van der Waals surface area (Å²) < 4.78 is 0. The zero-order chi connectivity index (χ0) is 19.4. The lowest BCUT2D eigenvalue weighted by atomic mass is 10.1. The minimum Gasteiger partial charge on any atom is -0.322 e. The van der Waals surface area contributed by atoms with E-state index in [4.69, 9.17) is 0 Å². The van der Waals surface area contributed by atoms with Crippen LogP contribution in [0.25, 0.3) is 0 Å². The van der Waals surface area contributed by atoms with Crippen LogP contribution in [0.4, 0.5) is 11.4 Å². The van der Waals surface area contributed by atoms with Crippen molar-refractivity contribution in [3.63, 3.8) is 0 Å². The predicted molar refractivity (Wildman–Crippen MR) is 109 cm³/mol. The molecule has 3 rings (SSSR count). The van der Waals surface area contributed by atoms with Gasteiger partial charge in [-0.25, -0.2) is 0 Å². The molecule has 0 radical (unpaired) electrons. The number of carbonyl (C=O) groups is 2. The number of hydrogen-bond acceptors (Lipinski definition) is 2. The first-order chi connectivity index (χ1) is 13.0. The molecule has 0 aliphatic carbocycles. The highest BCUT2D eigenvalue weighted by molar-refractivity contribution is 6.09. The van der Waals surface area contributed by atoms with Gasteiger partial charge in [0.2, 0.25) is 0 Å². The molecule has 0 aliphatic heterocycles. The first-order valence-corrected chi connectivity index (χ1v) is 8.78. The fraction of sp³-hybridized carbons (Fsp3) is 0.130. The second-order valence-corrected chi connectivity index (χ2v) is 6.50. The van der Waals surface area contributed by atoms with Crippen molar-refractivity contribution in [3.8, 4) is 0 Å². The third kappa shape index (κ3) is 4.06. The second kappa shape index (κ2) is 7.87. The fourth-order valence-corrected chi connectivity index (χ4v) is 2.95. The van der Waals surface area contributed by atoms with Gasteiger partial charge < -0.3 is 10.2 Å². The normalized spacial score (nSPS) is 10.3. The van der Waals surface area contributed by atoms with Gasteiger partial charge in [-0.15, -0.1) is 0 Å². The Morgan fingerprint density at radius 1 is 0.778 bits per heavy atom. The molecule has 0 bridgehead atoms. The molecule has 0 saturated carbocycles. The number of para-hydroxylation sites is 2. The SMILES string of the molecule is Cc1cccc(C)c1NC(=O)c1cccc(C(=O)N(C)c2ccccc2)c1. The van der Waals surface area contributed by atoms with Crippen molar-refractivity contribution in [3.05, 3.63) is 95.1 Å². The molecule has 0 unspecified atom stereocenters. The Hall–Kier alpha value is -3.40. The first kappa shape index (κ1) is 18.4. The molecule has 0 fully saturated rings. The van der Waals surface area contributed by atoms with E-state index in [0.29, 0.717) is 11.1 Å². The molecule has 0 aromatic heterocycles. The lowest BCUT2D eigenvalue weighted by Crippen LogP contribution is -2.26. The summed E-state index contributed by atoms with van der Waals surface area (Å²) in [6, 6.07) is 22.1. The van der Waals surface area contributed by atoms with Gasteiger partial charge in [-0.05, 0) is 55.3 Å². The van der Waals surface area contributed by atoms with E-state index in [2.05, 4.69) is 5.32 Å². The van der Waals surface area contributed by atoms with Crippen LogP contribution in [-0.4, -0.2) is 18.9 Å². The number of aryl methyl sites for hydroxylation is 2. The molecule has 4 nitrogen and oxygen atoms in total. The number of hydrogen-bond donors (Lipinski definition) is 1. The van der Waals surface area contributed by atoms with Crippen LogP contribution in [0.3, 0.4) is 0 Å². The Bertz CT molecular complexity index is 960. The minimum absolute atomic E-state index is 0.164. The van der Waals surface area contributed by atoms with Crippen molar-refractivity contribution in [2.45, 2.75) is 13.8 Å². The van der Waals surface area contributed by atoms with Gasteiger partial charge in [0.05, 0.1) is 0 Å². The third-order valence-electron chi connectivity index (χ3n) is 4.54. The fourth-order valence-electron chi connectivity index (χ4n) is 2.95. The average Bonchev–Trinajstić information content (AvgIpc) is 2.70. The summed E-state index contributed by atoms with van der Waals surface area (Å²) in [5, 5.41) is 2.96. The Morgan fingerprint density at radius 2 is 1.37 bits per heavy atom. The largest absolute Gasteiger partial charge is 0.322 e. The van der Waals surface area contributed by atoms with Gasteiger partial charge >= 0.3 is 0 Å². The van der Waals surface area contributed by atoms with Gasteiger partial charge in [0.25, 0.3) is 11.8 Å². The quantitative estimate of drug-likeness (QED) is 0.726. The van der Waals surface area contributed by atoms with Crippen molar-refractivity contribution in [2.75, 3.05) is 17.3 Å². The second-order valence-electron chi connectivity index (χ2n) is 6.50. The Kier molecular flexibility index (Phi) is 5.36. The summed E-state index contributed by atoms with van der Waals surface area (Å²) in [6.07, 6.45) is 0.